The molecule has 1 aromatic rings. The normalized spacial score (nSPS) is 21.2. The van der Waals surface area contributed by atoms with E-state index in [2.05, 4.69) is 5.32 Å². The number of benzene rings is 1. The van der Waals surface area contributed by atoms with Crippen molar-refractivity contribution in [1.82, 2.24) is 0 Å². The van der Waals surface area contributed by atoms with Crippen molar-refractivity contribution in [2.75, 3.05) is 31.6 Å². The topological polar surface area (TPSA) is 59.8 Å². The molecular weight excluding hydrogens is 304 g/mol. The van der Waals surface area contributed by atoms with Gasteiger partial charge in [0.2, 0.25) is 0 Å². The highest BCUT2D eigenvalue weighted by molar-refractivity contribution is 6.33. The van der Waals surface area contributed by atoms with Gasteiger partial charge in [-0.25, -0.2) is 0 Å². The van der Waals surface area contributed by atoms with E-state index in [0.29, 0.717) is 30.4 Å². The maximum atomic E-state index is 12.1. The van der Waals surface area contributed by atoms with E-state index in [1.165, 1.54) is 0 Å². The fraction of sp³-hybridized carbons (Fsp3) is 0.500. The molecule has 120 valence electrons. The molecule has 0 radical (unpaired) electrons. The van der Waals surface area contributed by atoms with E-state index >= 15 is 0 Å². The Morgan fingerprint density at radius 3 is 2.91 bits per heavy atom. The fourth-order valence-corrected chi connectivity index (χ4v) is 2.94. The molecule has 1 unspecified atom stereocenters. The number of nitrogens with one attached hydrogen (secondary N) is 2. The van der Waals surface area contributed by atoms with Crippen LogP contribution in [0.4, 0.5) is 5.69 Å². The number of hydrogen-bond acceptors (Lipinski definition) is 3. The minimum Gasteiger partial charge on any atom is -0.466 e. The zero-order valence-electron chi connectivity index (χ0n) is 12.7. The van der Waals surface area contributed by atoms with Crippen LogP contribution in [0.15, 0.2) is 24.3 Å². The second kappa shape index (κ2) is 8.15. The van der Waals surface area contributed by atoms with Crippen molar-refractivity contribution in [1.29, 1.82) is 0 Å². The SMILES string of the molecule is CCOC(=O)[C@H]1CCC[NH+](CC(=O)Nc2ccccc2Cl)C1. The number of para-hydroxylation sites is 1. The van der Waals surface area contributed by atoms with Crippen LogP contribution >= 0.6 is 11.6 Å². The van der Waals surface area contributed by atoms with Crippen molar-refractivity contribution in [3.8, 4) is 0 Å². The number of ether oxygens (including phenoxy) is 1. The van der Waals surface area contributed by atoms with Gasteiger partial charge >= 0.3 is 5.97 Å². The van der Waals surface area contributed by atoms with E-state index in [1.54, 1.807) is 12.1 Å². The highest BCUT2D eigenvalue weighted by atomic mass is 35.5. The van der Waals surface area contributed by atoms with Gasteiger partial charge in [0.05, 0.1) is 30.4 Å². The smallest absolute Gasteiger partial charge is 0.314 e. The number of esters is 1. The summed E-state index contributed by atoms with van der Waals surface area (Å²) in [7, 11) is 0. The maximum Gasteiger partial charge on any atom is 0.314 e. The largest absolute Gasteiger partial charge is 0.466 e. The van der Waals surface area contributed by atoms with Crippen LogP contribution in [0.3, 0.4) is 0 Å². The van der Waals surface area contributed by atoms with E-state index in [4.69, 9.17) is 16.3 Å². The Morgan fingerprint density at radius 1 is 1.41 bits per heavy atom. The Bertz CT molecular complexity index is 536. The van der Waals surface area contributed by atoms with Crippen LogP contribution in [0, 0.1) is 5.92 Å². The maximum absolute atomic E-state index is 12.1. The summed E-state index contributed by atoms with van der Waals surface area (Å²) in [5.74, 6) is -0.337. The number of hydrogen-bond donors (Lipinski definition) is 2. The van der Waals surface area contributed by atoms with Crippen molar-refractivity contribution < 1.29 is 19.2 Å². The molecule has 2 atom stereocenters. The Kier molecular flexibility index (Phi) is 6.21. The number of amides is 1. The molecular formula is C16H22ClN2O3+. The zero-order valence-corrected chi connectivity index (χ0v) is 13.5. The summed E-state index contributed by atoms with van der Waals surface area (Å²) in [6.07, 6.45) is 1.77. The van der Waals surface area contributed by atoms with Crippen LogP contribution in [0.25, 0.3) is 0 Å². The van der Waals surface area contributed by atoms with Gasteiger partial charge in [-0.05, 0) is 31.9 Å². The molecule has 1 heterocycles. The van der Waals surface area contributed by atoms with Crippen LogP contribution in [0.1, 0.15) is 19.8 Å². The van der Waals surface area contributed by atoms with E-state index in [0.717, 1.165) is 24.3 Å². The Hall–Kier alpha value is -1.59. The van der Waals surface area contributed by atoms with Crippen molar-refractivity contribution in [3.63, 3.8) is 0 Å². The molecule has 0 aromatic heterocycles. The number of likely N-dealkylation sites (tertiary alicyclic amines) is 1. The number of halogens is 1. The van der Waals surface area contributed by atoms with E-state index < -0.39 is 0 Å². The Labute approximate surface area is 135 Å². The summed E-state index contributed by atoms with van der Waals surface area (Å²) in [5, 5.41) is 3.34. The fourth-order valence-electron chi connectivity index (χ4n) is 2.76. The molecule has 6 heteroatoms. The lowest BCUT2D eigenvalue weighted by atomic mass is 9.98. The van der Waals surface area contributed by atoms with Crippen LogP contribution in [-0.4, -0.2) is 38.1 Å². The Balaban J connectivity index is 1.86. The number of carbonyl (C=O) groups is 2. The Morgan fingerprint density at radius 2 is 2.18 bits per heavy atom. The summed E-state index contributed by atoms with van der Waals surface area (Å²) in [5.41, 5.74) is 0.618. The molecule has 2 rings (SSSR count). The van der Waals surface area contributed by atoms with E-state index in [1.807, 2.05) is 19.1 Å². The molecule has 22 heavy (non-hydrogen) atoms. The van der Waals surface area contributed by atoms with Gasteiger partial charge in [-0.1, -0.05) is 23.7 Å². The van der Waals surface area contributed by atoms with Gasteiger partial charge in [0.15, 0.2) is 6.54 Å². The summed E-state index contributed by atoms with van der Waals surface area (Å²) < 4.78 is 5.08. The lowest BCUT2D eigenvalue weighted by Crippen LogP contribution is -3.14. The molecule has 0 spiro atoms. The lowest BCUT2D eigenvalue weighted by Gasteiger charge is -2.28. The van der Waals surface area contributed by atoms with Gasteiger partial charge in [0.25, 0.3) is 5.91 Å². The first-order valence-electron chi connectivity index (χ1n) is 7.64. The monoisotopic (exact) mass is 325 g/mol. The average Bonchev–Trinajstić information content (AvgIpc) is 2.50. The van der Waals surface area contributed by atoms with Gasteiger partial charge in [-0.15, -0.1) is 0 Å². The summed E-state index contributed by atoms with van der Waals surface area (Å²) in [6.45, 7) is 4.09. The third kappa shape index (κ3) is 4.71. The summed E-state index contributed by atoms with van der Waals surface area (Å²) in [6, 6.07) is 7.15. The zero-order chi connectivity index (χ0) is 15.9. The quantitative estimate of drug-likeness (QED) is 0.798. The predicted octanol–water partition coefficient (Wildman–Crippen LogP) is 1.14. The molecule has 0 aliphatic carbocycles. The molecule has 2 N–H and O–H groups in total. The molecule has 1 aliphatic heterocycles. The van der Waals surface area contributed by atoms with Crippen LogP contribution in [-0.2, 0) is 14.3 Å². The molecule has 1 fully saturated rings. The molecule has 5 nitrogen and oxygen atoms in total. The van der Waals surface area contributed by atoms with E-state index in [9.17, 15) is 9.59 Å². The van der Waals surface area contributed by atoms with Gasteiger partial charge < -0.3 is 15.0 Å². The van der Waals surface area contributed by atoms with Gasteiger partial charge in [-0.3, -0.25) is 9.59 Å². The molecule has 1 aliphatic rings. The highest BCUT2D eigenvalue weighted by Crippen LogP contribution is 2.20. The lowest BCUT2D eigenvalue weighted by molar-refractivity contribution is -0.899. The molecule has 1 aromatic carbocycles. The van der Waals surface area contributed by atoms with Crippen molar-refractivity contribution in [2.45, 2.75) is 19.8 Å². The van der Waals surface area contributed by atoms with Crippen molar-refractivity contribution in [2.24, 2.45) is 5.92 Å². The third-order valence-electron chi connectivity index (χ3n) is 3.80. The second-order valence-corrected chi connectivity index (χ2v) is 5.91. The highest BCUT2D eigenvalue weighted by Gasteiger charge is 2.30. The minimum atomic E-state index is -0.147. The van der Waals surface area contributed by atoms with Crippen molar-refractivity contribution in [3.05, 3.63) is 29.3 Å². The van der Waals surface area contributed by atoms with Gasteiger partial charge in [0, 0.05) is 0 Å². The molecule has 1 amide bonds. The third-order valence-corrected chi connectivity index (χ3v) is 4.13. The van der Waals surface area contributed by atoms with Crippen LogP contribution < -0.4 is 10.2 Å². The summed E-state index contributed by atoms with van der Waals surface area (Å²) in [4.78, 5) is 25.0. The molecule has 0 saturated carbocycles. The first kappa shape index (κ1) is 16.8. The second-order valence-electron chi connectivity index (χ2n) is 5.50. The first-order chi connectivity index (χ1) is 10.6. The number of quaternary nitrogens is 1. The number of anilines is 1. The predicted molar refractivity (Wildman–Crippen MR) is 85.0 cm³/mol. The number of carbonyl (C=O) groups excluding carboxylic acids is 2. The first-order valence-corrected chi connectivity index (χ1v) is 8.02. The standard InChI is InChI=1S/C16H21ClN2O3/c1-2-22-16(21)12-6-5-9-19(10-12)11-15(20)18-14-8-4-3-7-13(14)17/h3-4,7-8,12H,2,5-6,9-11H2,1H3,(H,18,20)/p+1/t12-/m0/s1. The molecule has 0 bridgehead atoms. The van der Waals surface area contributed by atoms with Crippen LogP contribution in [0.5, 0.6) is 0 Å². The summed E-state index contributed by atoms with van der Waals surface area (Å²) >= 11 is 6.03. The van der Waals surface area contributed by atoms with Crippen LogP contribution in [0.2, 0.25) is 5.02 Å². The minimum absolute atomic E-state index is 0.0902. The number of piperidine rings is 1. The van der Waals surface area contributed by atoms with Gasteiger partial charge in [-0.2, -0.15) is 0 Å². The average molecular weight is 326 g/mol. The van der Waals surface area contributed by atoms with E-state index in [-0.39, 0.29) is 17.8 Å². The van der Waals surface area contributed by atoms with Crippen molar-refractivity contribution >= 4 is 29.2 Å². The number of rotatable bonds is 5. The van der Waals surface area contributed by atoms with Gasteiger partial charge in [0.1, 0.15) is 5.92 Å². The molecule has 1 saturated heterocycles.